The largest absolute Gasteiger partial charge is 0.463 e. The molecular weight excluding hydrogens is 398 g/mol. The average molecular weight is 432 g/mol. The van der Waals surface area contributed by atoms with Crippen molar-refractivity contribution in [1.29, 1.82) is 0 Å². The molecule has 1 aliphatic carbocycles. The van der Waals surface area contributed by atoms with Crippen LogP contribution in [0.1, 0.15) is 69.3 Å². The number of carbonyl (C=O) groups is 2. The molecule has 3 heterocycles. The number of hydrogen-bond acceptors (Lipinski definition) is 4. The number of nitrogens with one attached hydrogen (secondary N) is 1. The van der Waals surface area contributed by atoms with Crippen LogP contribution in [0.15, 0.2) is 22.8 Å². The minimum Gasteiger partial charge on any atom is -0.463 e. The lowest BCUT2D eigenvalue weighted by Gasteiger charge is -2.44. The van der Waals surface area contributed by atoms with Gasteiger partial charge in [-0.05, 0) is 44.1 Å². The van der Waals surface area contributed by atoms with Crippen molar-refractivity contribution in [1.82, 2.24) is 14.8 Å². The Bertz CT molecular complexity index is 899. The third-order valence-corrected chi connectivity index (χ3v) is 7.77. The van der Waals surface area contributed by atoms with Gasteiger partial charge in [-0.3, -0.25) is 9.59 Å². The highest BCUT2D eigenvalue weighted by atomic mass is 32.2. The first kappa shape index (κ1) is 21.3. The van der Waals surface area contributed by atoms with Gasteiger partial charge in [-0.2, -0.15) is 11.8 Å². The molecule has 0 spiro atoms. The van der Waals surface area contributed by atoms with E-state index in [0.29, 0.717) is 24.4 Å². The van der Waals surface area contributed by atoms with Crippen LogP contribution in [-0.2, 0) is 11.3 Å². The standard InChI is InChI=1S/C23H33N3O3S/c1-3-13-30-14-7-11-26-21(27)19-15-20-18(10-12-29-20)25(19)16-23(26,2)22(28)24-17-8-5-4-6-9-17/h10,12,15,17H,3-9,11,13-14,16H2,1-2H3,(H,24,28)/t23-/m1/s1. The molecule has 0 unspecified atom stereocenters. The van der Waals surface area contributed by atoms with Crippen LogP contribution in [0, 0.1) is 0 Å². The van der Waals surface area contributed by atoms with E-state index in [1.807, 2.05) is 40.3 Å². The molecule has 0 saturated heterocycles. The maximum absolute atomic E-state index is 13.5. The first-order valence-corrected chi connectivity index (χ1v) is 12.5. The van der Waals surface area contributed by atoms with Crippen LogP contribution in [-0.4, -0.2) is 50.9 Å². The zero-order chi connectivity index (χ0) is 21.1. The number of fused-ring (bicyclic) bond motifs is 3. The molecule has 2 amide bonds. The van der Waals surface area contributed by atoms with Gasteiger partial charge in [-0.1, -0.05) is 26.2 Å². The van der Waals surface area contributed by atoms with Crippen molar-refractivity contribution in [2.75, 3.05) is 18.1 Å². The highest BCUT2D eigenvalue weighted by molar-refractivity contribution is 7.99. The van der Waals surface area contributed by atoms with Crippen LogP contribution < -0.4 is 5.32 Å². The summed E-state index contributed by atoms with van der Waals surface area (Å²) in [5, 5.41) is 3.28. The summed E-state index contributed by atoms with van der Waals surface area (Å²) >= 11 is 1.91. The van der Waals surface area contributed by atoms with Gasteiger partial charge >= 0.3 is 0 Å². The predicted molar refractivity (Wildman–Crippen MR) is 121 cm³/mol. The van der Waals surface area contributed by atoms with Gasteiger partial charge in [-0.15, -0.1) is 0 Å². The molecule has 2 aromatic rings. The summed E-state index contributed by atoms with van der Waals surface area (Å²) in [4.78, 5) is 28.8. The van der Waals surface area contributed by atoms with E-state index in [1.165, 1.54) is 6.42 Å². The van der Waals surface area contributed by atoms with Crippen LogP contribution in [0.2, 0.25) is 0 Å². The maximum atomic E-state index is 13.5. The molecule has 4 rings (SSSR count). The Kier molecular flexibility index (Phi) is 6.46. The second-order valence-electron chi connectivity index (χ2n) is 8.79. The third kappa shape index (κ3) is 4.01. The molecule has 0 radical (unpaired) electrons. The predicted octanol–water partition coefficient (Wildman–Crippen LogP) is 4.43. The molecular formula is C23H33N3O3S. The number of rotatable bonds is 8. The Morgan fingerprint density at radius 2 is 2.10 bits per heavy atom. The Morgan fingerprint density at radius 3 is 2.87 bits per heavy atom. The van der Waals surface area contributed by atoms with Crippen molar-refractivity contribution >= 4 is 34.7 Å². The van der Waals surface area contributed by atoms with Crippen LogP contribution >= 0.6 is 11.8 Å². The average Bonchev–Trinajstić information content (AvgIpc) is 3.33. The lowest BCUT2D eigenvalue weighted by molar-refractivity contribution is -0.133. The zero-order valence-electron chi connectivity index (χ0n) is 18.1. The van der Waals surface area contributed by atoms with Gasteiger partial charge in [-0.25, -0.2) is 0 Å². The Labute approximate surface area is 182 Å². The van der Waals surface area contributed by atoms with E-state index in [-0.39, 0.29) is 17.9 Å². The fraction of sp³-hybridized carbons (Fsp3) is 0.652. The second-order valence-corrected chi connectivity index (χ2v) is 10.0. The van der Waals surface area contributed by atoms with Gasteiger partial charge in [0.25, 0.3) is 5.91 Å². The van der Waals surface area contributed by atoms with Crippen LogP contribution in [0.5, 0.6) is 0 Å². The molecule has 1 atom stereocenters. The van der Waals surface area contributed by atoms with E-state index in [4.69, 9.17) is 4.42 Å². The summed E-state index contributed by atoms with van der Waals surface area (Å²) in [7, 11) is 0. The molecule has 1 N–H and O–H groups in total. The molecule has 1 aliphatic heterocycles. The second kappa shape index (κ2) is 9.08. The van der Waals surface area contributed by atoms with Crippen molar-refractivity contribution < 1.29 is 14.0 Å². The molecule has 1 saturated carbocycles. The van der Waals surface area contributed by atoms with Crippen molar-refractivity contribution in [2.45, 2.75) is 76.9 Å². The quantitative estimate of drug-likeness (QED) is 0.628. The molecule has 2 aromatic heterocycles. The minimum atomic E-state index is -0.903. The van der Waals surface area contributed by atoms with Gasteiger partial charge in [0.05, 0.1) is 18.3 Å². The summed E-state index contributed by atoms with van der Waals surface area (Å²) < 4.78 is 7.50. The summed E-state index contributed by atoms with van der Waals surface area (Å²) in [6.07, 6.45) is 9.32. The highest BCUT2D eigenvalue weighted by Crippen LogP contribution is 2.33. The minimum absolute atomic E-state index is 0.0278. The monoisotopic (exact) mass is 431 g/mol. The van der Waals surface area contributed by atoms with Gasteiger partial charge in [0.1, 0.15) is 11.2 Å². The number of hydrogen-bond donors (Lipinski definition) is 1. The fourth-order valence-corrected chi connectivity index (χ4v) is 5.61. The first-order chi connectivity index (χ1) is 14.5. The van der Waals surface area contributed by atoms with Crippen LogP contribution in [0.25, 0.3) is 11.1 Å². The molecule has 7 heteroatoms. The smallest absolute Gasteiger partial charge is 0.271 e. The lowest BCUT2D eigenvalue weighted by Crippen LogP contribution is -2.65. The number of carbonyl (C=O) groups excluding carboxylic acids is 2. The van der Waals surface area contributed by atoms with Gasteiger partial charge in [0.2, 0.25) is 5.91 Å². The number of nitrogens with zero attached hydrogens (tertiary/aromatic N) is 2. The molecule has 0 aromatic carbocycles. The topological polar surface area (TPSA) is 67.5 Å². The summed E-state index contributed by atoms with van der Waals surface area (Å²) in [5.74, 6) is 2.03. The lowest BCUT2D eigenvalue weighted by atomic mass is 9.91. The molecule has 1 fully saturated rings. The molecule has 6 nitrogen and oxygen atoms in total. The zero-order valence-corrected chi connectivity index (χ0v) is 18.9. The van der Waals surface area contributed by atoms with Gasteiger partial charge in [0, 0.05) is 24.7 Å². The Hall–Kier alpha value is -1.89. The van der Waals surface area contributed by atoms with E-state index in [1.54, 1.807) is 6.26 Å². The molecule has 30 heavy (non-hydrogen) atoms. The Morgan fingerprint density at radius 1 is 1.30 bits per heavy atom. The van der Waals surface area contributed by atoms with E-state index in [2.05, 4.69) is 12.2 Å². The van der Waals surface area contributed by atoms with Crippen molar-refractivity contribution in [3.05, 3.63) is 24.1 Å². The van der Waals surface area contributed by atoms with E-state index >= 15 is 0 Å². The Balaban J connectivity index is 1.59. The van der Waals surface area contributed by atoms with Crippen molar-refractivity contribution in [2.24, 2.45) is 0 Å². The van der Waals surface area contributed by atoms with Crippen molar-refractivity contribution in [3.63, 3.8) is 0 Å². The fourth-order valence-electron chi connectivity index (χ4n) is 4.78. The highest BCUT2D eigenvalue weighted by Gasteiger charge is 2.48. The first-order valence-electron chi connectivity index (χ1n) is 11.3. The summed E-state index contributed by atoms with van der Waals surface area (Å²) in [5.41, 5.74) is 1.30. The van der Waals surface area contributed by atoms with Gasteiger partial charge in [0.15, 0.2) is 5.58 Å². The SMILES string of the molecule is CCCSCCCN1C(=O)c2cc3occc3n2C[C@]1(C)C(=O)NC1CCCCC1. The van der Waals surface area contributed by atoms with Crippen LogP contribution in [0.3, 0.4) is 0 Å². The third-order valence-electron chi connectivity index (χ3n) is 6.50. The normalized spacial score (nSPS) is 22.5. The number of furan rings is 1. The summed E-state index contributed by atoms with van der Waals surface area (Å²) in [6, 6.07) is 3.91. The van der Waals surface area contributed by atoms with Crippen LogP contribution in [0.4, 0.5) is 0 Å². The van der Waals surface area contributed by atoms with E-state index in [0.717, 1.165) is 55.5 Å². The molecule has 2 aliphatic rings. The molecule has 0 bridgehead atoms. The summed E-state index contributed by atoms with van der Waals surface area (Å²) in [6.45, 7) is 5.16. The number of amides is 2. The number of thioether (sulfide) groups is 1. The van der Waals surface area contributed by atoms with Crippen molar-refractivity contribution in [3.8, 4) is 0 Å². The maximum Gasteiger partial charge on any atom is 0.271 e. The number of aromatic nitrogens is 1. The van der Waals surface area contributed by atoms with Gasteiger partial charge < -0.3 is 19.2 Å². The molecule has 164 valence electrons. The van der Waals surface area contributed by atoms with E-state index in [9.17, 15) is 9.59 Å². The van der Waals surface area contributed by atoms with E-state index < -0.39 is 5.54 Å².